The maximum absolute atomic E-state index is 3.52. The molecule has 3 heteroatoms. The molecule has 1 aliphatic heterocycles. The molecule has 1 N–H and O–H groups in total. The molecule has 3 aromatic carbocycles. The summed E-state index contributed by atoms with van der Waals surface area (Å²) in [4.78, 5) is 0. The first-order chi connectivity index (χ1) is 11.4. The third-order valence-electron chi connectivity index (χ3n) is 4.07. The lowest BCUT2D eigenvalue weighted by Crippen LogP contribution is -2.43. The summed E-state index contributed by atoms with van der Waals surface area (Å²) in [5.74, 6) is 0. The molecule has 23 heavy (non-hydrogen) atoms. The van der Waals surface area contributed by atoms with Crippen LogP contribution in [0.1, 0.15) is 11.1 Å². The Bertz CT molecular complexity index is 705. The molecule has 3 aromatic rings. The summed E-state index contributed by atoms with van der Waals surface area (Å²) in [5, 5.41) is 4.40. The zero-order valence-electron chi connectivity index (χ0n) is 12.9. The largest absolute Gasteiger partial charge is 0.284 e. The number of nitrogens with zero attached hydrogens (tertiary/aromatic N) is 2. The molecule has 0 bridgehead atoms. The van der Waals surface area contributed by atoms with Crippen molar-refractivity contribution in [1.82, 2.24) is 5.53 Å². The minimum atomic E-state index is 0.836. The number of anilines is 2. The van der Waals surface area contributed by atoms with Gasteiger partial charge in [0.2, 0.25) is 0 Å². The molecule has 114 valence electrons. The number of rotatable bonds is 4. The topological polar surface area (TPSA) is 18.5 Å². The molecular formula is C20H19N3. The fourth-order valence-corrected chi connectivity index (χ4v) is 2.95. The van der Waals surface area contributed by atoms with E-state index in [1.54, 1.807) is 0 Å². The second kappa shape index (κ2) is 6.15. The van der Waals surface area contributed by atoms with Crippen molar-refractivity contribution in [3.63, 3.8) is 0 Å². The van der Waals surface area contributed by atoms with E-state index in [9.17, 15) is 0 Å². The molecule has 4 rings (SSSR count). The third-order valence-corrected chi connectivity index (χ3v) is 4.07. The van der Waals surface area contributed by atoms with Gasteiger partial charge < -0.3 is 0 Å². The van der Waals surface area contributed by atoms with Crippen molar-refractivity contribution in [3.8, 4) is 0 Å². The Labute approximate surface area is 136 Å². The Hall–Kier alpha value is -2.78. The minimum absolute atomic E-state index is 0.836. The van der Waals surface area contributed by atoms with Gasteiger partial charge in [-0.3, -0.25) is 10.0 Å². The van der Waals surface area contributed by atoms with Crippen molar-refractivity contribution in [1.29, 1.82) is 0 Å². The Morgan fingerprint density at radius 3 is 1.35 bits per heavy atom. The van der Waals surface area contributed by atoms with Crippen LogP contribution < -0.4 is 15.6 Å². The quantitative estimate of drug-likeness (QED) is 0.781. The van der Waals surface area contributed by atoms with Crippen molar-refractivity contribution in [2.24, 2.45) is 0 Å². The minimum Gasteiger partial charge on any atom is -0.284 e. The Morgan fingerprint density at radius 1 is 0.522 bits per heavy atom. The SMILES string of the molecule is c1ccc(CN2NN(Cc3ccccc3)c3ccccc32)cc1. The molecule has 0 aromatic heterocycles. The van der Waals surface area contributed by atoms with Crippen LogP contribution in [0, 0.1) is 0 Å². The molecule has 1 heterocycles. The lowest BCUT2D eigenvalue weighted by atomic mass is 10.2. The highest BCUT2D eigenvalue weighted by Gasteiger charge is 2.25. The summed E-state index contributed by atoms with van der Waals surface area (Å²) in [6, 6.07) is 29.6. The van der Waals surface area contributed by atoms with Crippen LogP contribution in [0.15, 0.2) is 84.9 Å². The molecule has 0 aliphatic carbocycles. The fourth-order valence-electron chi connectivity index (χ4n) is 2.95. The second-order valence-corrected chi connectivity index (χ2v) is 5.73. The van der Waals surface area contributed by atoms with Crippen LogP contribution in [0.2, 0.25) is 0 Å². The van der Waals surface area contributed by atoms with Crippen molar-refractivity contribution in [2.75, 3.05) is 10.0 Å². The van der Waals surface area contributed by atoms with E-state index in [1.165, 1.54) is 22.5 Å². The van der Waals surface area contributed by atoms with E-state index < -0.39 is 0 Å². The highest BCUT2D eigenvalue weighted by molar-refractivity contribution is 5.74. The molecule has 0 radical (unpaired) electrons. The molecule has 0 saturated heterocycles. The van der Waals surface area contributed by atoms with Gasteiger partial charge in [-0.15, -0.1) is 5.53 Å². The first kappa shape index (κ1) is 13.9. The molecule has 0 atom stereocenters. The zero-order chi connectivity index (χ0) is 15.5. The molecule has 3 nitrogen and oxygen atoms in total. The normalized spacial score (nSPS) is 13.2. The van der Waals surface area contributed by atoms with E-state index in [-0.39, 0.29) is 0 Å². The second-order valence-electron chi connectivity index (χ2n) is 5.73. The summed E-state index contributed by atoms with van der Waals surface area (Å²) in [7, 11) is 0. The molecule has 0 fully saturated rings. The van der Waals surface area contributed by atoms with Crippen molar-refractivity contribution < 1.29 is 0 Å². The van der Waals surface area contributed by atoms with E-state index in [2.05, 4.69) is 100 Å². The van der Waals surface area contributed by atoms with Gasteiger partial charge in [0.15, 0.2) is 0 Å². The van der Waals surface area contributed by atoms with E-state index >= 15 is 0 Å². The lowest BCUT2D eigenvalue weighted by Gasteiger charge is -2.23. The molecule has 0 amide bonds. The highest BCUT2D eigenvalue weighted by Crippen LogP contribution is 2.34. The summed E-state index contributed by atoms with van der Waals surface area (Å²) >= 11 is 0. The average Bonchev–Trinajstić information content (AvgIpc) is 2.95. The maximum atomic E-state index is 3.52. The number of hydrazine groups is 2. The maximum Gasteiger partial charge on any atom is 0.0789 e. The molecule has 1 aliphatic rings. The summed E-state index contributed by atoms with van der Waals surface area (Å²) in [6.07, 6.45) is 0. The van der Waals surface area contributed by atoms with E-state index in [0.29, 0.717) is 0 Å². The smallest absolute Gasteiger partial charge is 0.0789 e. The van der Waals surface area contributed by atoms with Gasteiger partial charge >= 0.3 is 0 Å². The Kier molecular flexibility index (Phi) is 3.70. The van der Waals surface area contributed by atoms with Crippen LogP contribution in [0.25, 0.3) is 0 Å². The van der Waals surface area contributed by atoms with Crippen molar-refractivity contribution in [3.05, 3.63) is 96.1 Å². The number of fused-ring (bicyclic) bond motifs is 1. The summed E-state index contributed by atoms with van der Waals surface area (Å²) in [5.41, 5.74) is 8.53. The summed E-state index contributed by atoms with van der Waals surface area (Å²) in [6.45, 7) is 1.67. The number of para-hydroxylation sites is 2. The molecule has 0 saturated carbocycles. The van der Waals surface area contributed by atoms with Gasteiger partial charge in [-0.05, 0) is 23.3 Å². The van der Waals surface area contributed by atoms with Gasteiger partial charge in [0.25, 0.3) is 0 Å². The molecule has 0 unspecified atom stereocenters. The highest BCUT2D eigenvalue weighted by atomic mass is 15.8. The average molecular weight is 301 g/mol. The lowest BCUT2D eigenvalue weighted by molar-refractivity contribution is 0.608. The van der Waals surface area contributed by atoms with Crippen molar-refractivity contribution >= 4 is 11.4 Å². The number of nitrogens with one attached hydrogen (secondary N) is 1. The Morgan fingerprint density at radius 2 is 0.913 bits per heavy atom. The van der Waals surface area contributed by atoms with Crippen LogP contribution in [-0.2, 0) is 13.1 Å². The third kappa shape index (κ3) is 2.91. The van der Waals surface area contributed by atoms with Crippen LogP contribution in [0.4, 0.5) is 11.4 Å². The van der Waals surface area contributed by atoms with Gasteiger partial charge in [-0.2, -0.15) is 0 Å². The summed E-state index contributed by atoms with van der Waals surface area (Å²) < 4.78 is 0. The van der Waals surface area contributed by atoms with E-state index in [1.807, 2.05) is 0 Å². The van der Waals surface area contributed by atoms with Gasteiger partial charge in [0, 0.05) is 0 Å². The van der Waals surface area contributed by atoms with Gasteiger partial charge in [0.05, 0.1) is 24.5 Å². The first-order valence-corrected chi connectivity index (χ1v) is 7.88. The van der Waals surface area contributed by atoms with Gasteiger partial charge in [-0.1, -0.05) is 72.8 Å². The number of benzene rings is 3. The van der Waals surface area contributed by atoms with Crippen LogP contribution >= 0.6 is 0 Å². The number of hydrogen-bond donors (Lipinski definition) is 1. The van der Waals surface area contributed by atoms with E-state index in [4.69, 9.17) is 0 Å². The van der Waals surface area contributed by atoms with Crippen LogP contribution in [0.5, 0.6) is 0 Å². The van der Waals surface area contributed by atoms with Gasteiger partial charge in [0.1, 0.15) is 0 Å². The predicted octanol–water partition coefficient (Wildman–Crippen LogP) is 4.13. The molecule has 0 spiro atoms. The monoisotopic (exact) mass is 301 g/mol. The zero-order valence-corrected chi connectivity index (χ0v) is 12.9. The standard InChI is InChI=1S/C20H19N3/c1-3-9-17(10-4-1)15-22-19-13-7-8-14-20(19)23(21-22)16-18-11-5-2-6-12-18/h1-14,21H,15-16H2. The number of hydrogen-bond acceptors (Lipinski definition) is 3. The fraction of sp³-hybridized carbons (Fsp3) is 0.100. The van der Waals surface area contributed by atoms with Crippen LogP contribution in [-0.4, -0.2) is 0 Å². The van der Waals surface area contributed by atoms with Crippen molar-refractivity contribution in [2.45, 2.75) is 13.1 Å². The predicted molar refractivity (Wildman–Crippen MR) is 94.8 cm³/mol. The first-order valence-electron chi connectivity index (χ1n) is 7.88. The molecular weight excluding hydrogens is 282 g/mol. The van der Waals surface area contributed by atoms with Crippen LogP contribution in [0.3, 0.4) is 0 Å². The van der Waals surface area contributed by atoms with E-state index in [0.717, 1.165) is 13.1 Å². The van der Waals surface area contributed by atoms with Gasteiger partial charge in [-0.25, -0.2) is 0 Å². The Balaban J connectivity index is 1.59.